The lowest BCUT2D eigenvalue weighted by molar-refractivity contribution is -0.119. The van der Waals surface area contributed by atoms with E-state index in [1.165, 1.54) is 12.8 Å². The van der Waals surface area contributed by atoms with Crippen LogP contribution in [0.15, 0.2) is 24.3 Å². The lowest BCUT2D eigenvalue weighted by Crippen LogP contribution is -2.43. The fourth-order valence-corrected chi connectivity index (χ4v) is 2.52. The van der Waals surface area contributed by atoms with Crippen LogP contribution >= 0.6 is 0 Å². The minimum Gasteiger partial charge on any atom is -0.371 e. The third-order valence-electron chi connectivity index (χ3n) is 3.74. The number of anilines is 2. The molecule has 4 nitrogen and oxygen atoms in total. The number of carbonyl (C=O) groups excluding carboxylic acids is 1. The van der Waals surface area contributed by atoms with Gasteiger partial charge in [0.15, 0.2) is 0 Å². The SMILES string of the molecule is CN1CC([NH])C(=O)N(CC2CC2)c2ccccc21. The van der Waals surface area contributed by atoms with Crippen LogP contribution < -0.4 is 15.5 Å². The molecule has 0 aromatic heterocycles. The molecule has 18 heavy (non-hydrogen) atoms. The molecule has 1 atom stereocenters. The van der Waals surface area contributed by atoms with E-state index in [2.05, 4.69) is 0 Å². The fraction of sp³-hybridized carbons (Fsp3) is 0.500. The maximum atomic E-state index is 12.3. The molecule has 1 amide bonds. The van der Waals surface area contributed by atoms with Gasteiger partial charge in [0, 0.05) is 20.1 Å². The van der Waals surface area contributed by atoms with Crippen LogP contribution in [0.5, 0.6) is 0 Å². The lowest BCUT2D eigenvalue weighted by atomic mass is 10.2. The van der Waals surface area contributed by atoms with E-state index in [4.69, 9.17) is 5.73 Å². The zero-order valence-corrected chi connectivity index (χ0v) is 10.6. The first kappa shape index (κ1) is 11.5. The van der Waals surface area contributed by atoms with Gasteiger partial charge in [0.05, 0.1) is 11.4 Å². The fourth-order valence-electron chi connectivity index (χ4n) is 2.52. The first-order chi connectivity index (χ1) is 8.66. The van der Waals surface area contributed by atoms with Gasteiger partial charge in [-0.1, -0.05) is 12.1 Å². The molecule has 3 rings (SSSR count). The Labute approximate surface area is 107 Å². The minimum atomic E-state index is -0.679. The Balaban J connectivity index is 2.01. The van der Waals surface area contributed by atoms with Crippen LogP contribution in [0.3, 0.4) is 0 Å². The predicted molar refractivity (Wildman–Crippen MR) is 71.7 cm³/mol. The number of likely N-dealkylation sites (N-methyl/N-ethyl adjacent to an activating group) is 1. The molecule has 1 unspecified atom stereocenters. The van der Waals surface area contributed by atoms with E-state index < -0.39 is 6.04 Å². The molecule has 1 radical (unpaired) electrons. The zero-order chi connectivity index (χ0) is 12.7. The largest absolute Gasteiger partial charge is 0.371 e. The van der Waals surface area contributed by atoms with E-state index in [0.29, 0.717) is 12.5 Å². The molecule has 1 aliphatic carbocycles. The normalized spacial score (nSPS) is 23.9. The number of hydrogen-bond donors (Lipinski definition) is 0. The molecule has 2 aliphatic rings. The first-order valence-corrected chi connectivity index (χ1v) is 6.49. The summed E-state index contributed by atoms with van der Waals surface area (Å²) in [5.41, 5.74) is 10.0. The molecule has 0 spiro atoms. The van der Waals surface area contributed by atoms with E-state index in [0.717, 1.165) is 17.9 Å². The summed E-state index contributed by atoms with van der Waals surface area (Å²) in [5.74, 6) is 0.580. The molecule has 95 valence electrons. The molecule has 4 heteroatoms. The number of fused-ring (bicyclic) bond motifs is 1. The minimum absolute atomic E-state index is 0.0568. The van der Waals surface area contributed by atoms with Gasteiger partial charge in [0.2, 0.25) is 5.91 Å². The summed E-state index contributed by atoms with van der Waals surface area (Å²) >= 11 is 0. The average Bonchev–Trinajstić information content (AvgIpc) is 3.18. The second-order valence-corrected chi connectivity index (χ2v) is 5.31. The average molecular weight is 244 g/mol. The highest BCUT2D eigenvalue weighted by molar-refractivity contribution is 6.01. The van der Waals surface area contributed by atoms with E-state index in [1.807, 2.05) is 41.1 Å². The Kier molecular flexibility index (Phi) is 2.74. The number of carbonyl (C=O) groups is 1. The van der Waals surface area contributed by atoms with Crippen LogP contribution in [0.4, 0.5) is 11.4 Å². The Morgan fingerprint density at radius 2 is 1.94 bits per heavy atom. The topological polar surface area (TPSA) is 47.4 Å². The molecule has 1 aromatic carbocycles. The first-order valence-electron chi connectivity index (χ1n) is 6.49. The molecule has 1 fully saturated rings. The Bertz CT molecular complexity index is 470. The molecule has 1 heterocycles. The smallest absolute Gasteiger partial charge is 0.247 e. The van der Waals surface area contributed by atoms with E-state index in [1.54, 1.807) is 0 Å². The Morgan fingerprint density at radius 3 is 2.61 bits per heavy atom. The molecular formula is C14H18N3O. The summed E-state index contributed by atoms with van der Waals surface area (Å²) in [6.45, 7) is 1.25. The quantitative estimate of drug-likeness (QED) is 0.792. The van der Waals surface area contributed by atoms with Gasteiger partial charge in [-0.15, -0.1) is 0 Å². The van der Waals surface area contributed by atoms with Gasteiger partial charge in [0.25, 0.3) is 0 Å². The van der Waals surface area contributed by atoms with Crippen molar-refractivity contribution in [1.82, 2.24) is 5.73 Å². The van der Waals surface area contributed by atoms with E-state index in [-0.39, 0.29) is 5.91 Å². The van der Waals surface area contributed by atoms with Crippen LogP contribution in [0, 0.1) is 5.92 Å². The number of hydrogen-bond acceptors (Lipinski definition) is 2. The van der Waals surface area contributed by atoms with Crippen molar-refractivity contribution < 1.29 is 4.79 Å². The number of nitrogens with zero attached hydrogens (tertiary/aromatic N) is 2. The second kappa shape index (κ2) is 4.28. The summed E-state index contributed by atoms with van der Waals surface area (Å²) in [7, 11) is 1.95. The van der Waals surface area contributed by atoms with Gasteiger partial charge in [0.1, 0.15) is 6.04 Å². The summed E-state index contributed by atoms with van der Waals surface area (Å²) in [6, 6.07) is 7.29. The number of para-hydroxylation sites is 2. The summed E-state index contributed by atoms with van der Waals surface area (Å²) in [5, 5.41) is 0. The van der Waals surface area contributed by atoms with Gasteiger partial charge in [-0.2, -0.15) is 0 Å². The number of rotatable bonds is 2. The van der Waals surface area contributed by atoms with Crippen molar-refractivity contribution in [3.8, 4) is 0 Å². The van der Waals surface area contributed by atoms with E-state index >= 15 is 0 Å². The van der Waals surface area contributed by atoms with Gasteiger partial charge < -0.3 is 9.80 Å². The Hall–Kier alpha value is -1.55. The highest BCUT2D eigenvalue weighted by Gasteiger charge is 2.34. The molecule has 1 N–H and O–H groups in total. The van der Waals surface area contributed by atoms with Crippen molar-refractivity contribution in [1.29, 1.82) is 0 Å². The van der Waals surface area contributed by atoms with Crippen LogP contribution in [-0.2, 0) is 4.79 Å². The van der Waals surface area contributed by atoms with Crippen LogP contribution in [0.25, 0.3) is 0 Å². The number of amides is 1. The van der Waals surface area contributed by atoms with Crippen LogP contribution in [0.1, 0.15) is 12.8 Å². The molecular weight excluding hydrogens is 226 g/mol. The molecule has 1 saturated carbocycles. The zero-order valence-electron chi connectivity index (χ0n) is 10.6. The standard InChI is InChI=1S/C14H18N3O/c1-16-9-11(15)14(18)17(8-10-6-7-10)13-5-3-2-4-12(13)16/h2-5,10-11,15H,6-9H2,1H3. The number of benzene rings is 1. The third-order valence-corrected chi connectivity index (χ3v) is 3.74. The molecule has 1 aliphatic heterocycles. The van der Waals surface area contributed by atoms with Crippen molar-refractivity contribution in [2.45, 2.75) is 18.9 Å². The highest BCUT2D eigenvalue weighted by atomic mass is 16.2. The highest BCUT2D eigenvalue weighted by Crippen LogP contribution is 2.36. The summed E-state index contributed by atoms with van der Waals surface area (Å²) in [6.07, 6.45) is 2.43. The summed E-state index contributed by atoms with van der Waals surface area (Å²) in [4.78, 5) is 16.2. The second-order valence-electron chi connectivity index (χ2n) is 5.31. The van der Waals surface area contributed by atoms with Crippen LogP contribution in [0.2, 0.25) is 0 Å². The number of nitrogens with one attached hydrogen (secondary N) is 1. The Morgan fingerprint density at radius 1 is 1.28 bits per heavy atom. The van der Waals surface area contributed by atoms with Crippen molar-refractivity contribution in [3.63, 3.8) is 0 Å². The third kappa shape index (κ3) is 1.97. The summed E-state index contributed by atoms with van der Waals surface area (Å²) < 4.78 is 0. The molecule has 1 aromatic rings. The predicted octanol–water partition coefficient (Wildman–Crippen LogP) is 1.53. The lowest BCUT2D eigenvalue weighted by Gasteiger charge is -2.24. The molecule has 0 saturated heterocycles. The maximum absolute atomic E-state index is 12.3. The van der Waals surface area contributed by atoms with Crippen LogP contribution in [-0.4, -0.2) is 32.1 Å². The van der Waals surface area contributed by atoms with Gasteiger partial charge in [-0.25, -0.2) is 5.73 Å². The van der Waals surface area contributed by atoms with Crippen molar-refractivity contribution in [2.75, 3.05) is 29.9 Å². The van der Waals surface area contributed by atoms with Gasteiger partial charge >= 0.3 is 0 Å². The van der Waals surface area contributed by atoms with E-state index in [9.17, 15) is 4.79 Å². The van der Waals surface area contributed by atoms with Crippen molar-refractivity contribution in [3.05, 3.63) is 24.3 Å². The van der Waals surface area contributed by atoms with Gasteiger partial charge in [-0.05, 0) is 30.9 Å². The van der Waals surface area contributed by atoms with Crippen molar-refractivity contribution in [2.24, 2.45) is 5.92 Å². The molecule has 0 bridgehead atoms. The monoisotopic (exact) mass is 244 g/mol. The van der Waals surface area contributed by atoms with Crippen molar-refractivity contribution >= 4 is 17.3 Å². The van der Waals surface area contributed by atoms with Gasteiger partial charge in [-0.3, -0.25) is 4.79 Å². The maximum Gasteiger partial charge on any atom is 0.247 e.